The van der Waals surface area contributed by atoms with Gasteiger partial charge >= 0.3 is 6.03 Å². The number of carbonyl (C=O) groups is 1. The highest BCUT2D eigenvalue weighted by Crippen LogP contribution is 2.31. The smallest absolute Gasteiger partial charge is 0.321 e. The van der Waals surface area contributed by atoms with Crippen molar-refractivity contribution in [3.05, 3.63) is 52.0 Å². The summed E-state index contributed by atoms with van der Waals surface area (Å²) in [5.74, 6) is 1.49. The zero-order valence-electron chi connectivity index (χ0n) is 13.6. The van der Waals surface area contributed by atoms with Gasteiger partial charge in [-0.3, -0.25) is 0 Å². The molecule has 0 unspecified atom stereocenters. The molecule has 0 saturated carbocycles. The summed E-state index contributed by atoms with van der Waals surface area (Å²) < 4.78 is 12.1. The lowest BCUT2D eigenvalue weighted by Gasteiger charge is -2.22. The molecule has 0 spiro atoms. The van der Waals surface area contributed by atoms with Crippen molar-refractivity contribution in [2.45, 2.75) is 13.5 Å². The number of anilines is 1. The van der Waals surface area contributed by atoms with Gasteiger partial charge in [-0.2, -0.15) is 0 Å². The molecule has 0 fully saturated rings. The van der Waals surface area contributed by atoms with Crippen LogP contribution in [0.5, 0.6) is 11.5 Å². The number of nitrogens with zero attached hydrogens (tertiary/aromatic N) is 1. The van der Waals surface area contributed by atoms with Crippen LogP contribution in [0.15, 0.2) is 40.9 Å². The maximum absolute atomic E-state index is 12.4. The van der Waals surface area contributed by atoms with Crippen molar-refractivity contribution in [2.75, 3.05) is 25.6 Å². The monoisotopic (exact) mass is 390 g/mol. The molecule has 5 nitrogen and oxygen atoms in total. The van der Waals surface area contributed by atoms with Crippen LogP contribution >= 0.6 is 15.9 Å². The van der Waals surface area contributed by atoms with Crippen LogP contribution in [0.3, 0.4) is 0 Å². The van der Waals surface area contributed by atoms with Crippen LogP contribution in [0.4, 0.5) is 10.5 Å². The Morgan fingerprint density at radius 3 is 2.67 bits per heavy atom. The highest BCUT2D eigenvalue weighted by molar-refractivity contribution is 9.10. The predicted molar refractivity (Wildman–Crippen MR) is 96.8 cm³/mol. The molecule has 2 amide bonds. The average Bonchev–Trinajstić information content (AvgIpc) is 2.57. The number of nitrogens with one attached hydrogen (secondary N) is 1. The van der Waals surface area contributed by atoms with E-state index in [1.54, 1.807) is 11.9 Å². The van der Waals surface area contributed by atoms with E-state index in [1.807, 2.05) is 43.3 Å². The lowest BCUT2D eigenvalue weighted by molar-refractivity contribution is 0.171. The van der Waals surface area contributed by atoms with Gasteiger partial charge < -0.3 is 19.7 Å². The van der Waals surface area contributed by atoms with E-state index in [-0.39, 0.29) is 6.03 Å². The van der Waals surface area contributed by atoms with Gasteiger partial charge in [0.2, 0.25) is 0 Å². The van der Waals surface area contributed by atoms with Crippen LogP contribution in [-0.4, -0.2) is 31.2 Å². The first-order valence-corrected chi connectivity index (χ1v) is 8.49. The van der Waals surface area contributed by atoms with Gasteiger partial charge in [-0.05, 0) is 48.4 Å². The quantitative estimate of drug-likeness (QED) is 0.854. The number of benzene rings is 2. The number of amides is 2. The third kappa shape index (κ3) is 3.82. The van der Waals surface area contributed by atoms with Gasteiger partial charge in [0, 0.05) is 23.8 Å². The third-order valence-corrected chi connectivity index (χ3v) is 4.30. The second-order valence-electron chi connectivity index (χ2n) is 5.72. The van der Waals surface area contributed by atoms with Crippen molar-refractivity contribution < 1.29 is 14.3 Å². The van der Waals surface area contributed by atoms with Gasteiger partial charge in [-0.1, -0.05) is 22.0 Å². The third-order valence-electron chi connectivity index (χ3n) is 3.80. The standard InChI is InChI=1S/C18H19BrN2O3/c1-12-9-14(19)4-5-15(12)20-18(22)21(2)11-13-3-6-16-17(10-13)24-8-7-23-16/h3-6,9-10H,7-8,11H2,1-2H3,(H,20,22). The first-order chi connectivity index (χ1) is 11.5. The lowest BCUT2D eigenvalue weighted by atomic mass is 10.2. The molecular weight excluding hydrogens is 372 g/mol. The second-order valence-corrected chi connectivity index (χ2v) is 6.64. The van der Waals surface area contributed by atoms with Crippen LogP contribution in [0.1, 0.15) is 11.1 Å². The molecular formula is C18H19BrN2O3. The van der Waals surface area contributed by atoms with E-state index in [0.29, 0.717) is 19.8 Å². The van der Waals surface area contributed by atoms with E-state index < -0.39 is 0 Å². The molecule has 0 aromatic heterocycles. The molecule has 0 atom stereocenters. The highest BCUT2D eigenvalue weighted by atomic mass is 79.9. The van der Waals surface area contributed by atoms with E-state index in [9.17, 15) is 4.79 Å². The molecule has 3 rings (SSSR count). The minimum absolute atomic E-state index is 0.157. The summed E-state index contributed by atoms with van der Waals surface area (Å²) in [6.45, 7) is 3.57. The van der Waals surface area contributed by atoms with Gasteiger partial charge in [0.15, 0.2) is 11.5 Å². The van der Waals surface area contributed by atoms with Crippen molar-refractivity contribution >= 4 is 27.6 Å². The topological polar surface area (TPSA) is 50.8 Å². The normalized spacial score (nSPS) is 12.6. The Bertz CT molecular complexity index is 764. The van der Waals surface area contributed by atoms with Crippen molar-refractivity contribution in [1.82, 2.24) is 4.90 Å². The fourth-order valence-electron chi connectivity index (χ4n) is 2.51. The van der Waals surface area contributed by atoms with E-state index in [1.165, 1.54) is 0 Å². The van der Waals surface area contributed by atoms with Crippen molar-refractivity contribution in [2.24, 2.45) is 0 Å². The Kier molecular flexibility index (Phi) is 4.94. The van der Waals surface area contributed by atoms with Gasteiger partial charge in [0.05, 0.1) is 0 Å². The number of hydrogen-bond donors (Lipinski definition) is 1. The van der Waals surface area contributed by atoms with Crippen molar-refractivity contribution in [1.29, 1.82) is 0 Å². The van der Waals surface area contributed by atoms with Gasteiger partial charge in [0.1, 0.15) is 13.2 Å². The number of ether oxygens (including phenoxy) is 2. The molecule has 24 heavy (non-hydrogen) atoms. The first kappa shape index (κ1) is 16.6. The zero-order valence-corrected chi connectivity index (χ0v) is 15.2. The lowest BCUT2D eigenvalue weighted by Crippen LogP contribution is -2.31. The Hall–Kier alpha value is -2.21. The maximum Gasteiger partial charge on any atom is 0.321 e. The number of carbonyl (C=O) groups excluding carboxylic acids is 1. The average molecular weight is 391 g/mol. The predicted octanol–water partition coefficient (Wildman–Crippen LogP) is 4.19. The highest BCUT2D eigenvalue weighted by Gasteiger charge is 2.15. The molecule has 6 heteroatoms. The summed E-state index contributed by atoms with van der Waals surface area (Å²) in [5, 5.41) is 2.93. The maximum atomic E-state index is 12.4. The summed E-state index contributed by atoms with van der Waals surface area (Å²) in [7, 11) is 1.76. The molecule has 2 aromatic rings. The van der Waals surface area contributed by atoms with Gasteiger partial charge in [-0.25, -0.2) is 4.79 Å². The number of hydrogen-bond acceptors (Lipinski definition) is 3. The molecule has 126 valence electrons. The van der Waals surface area contributed by atoms with Crippen LogP contribution < -0.4 is 14.8 Å². The summed E-state index contributed by atoms with van der Waals surface area (Å²) in [5.41, 5.74) is 2.80. The molecule has 0 bridgehead atoms. The van der Waals surface area contributed by atoms with E-state index in [4.69, 9.17) is 9.47 Å². The fraction of sp³-hybridized carbons (Fsp3) is 0.278. The molecule has 1 N–H and O–H groups in total. The molecule has 1 aliphatic rings. The Labute approximate surface area is 149 Å². The summed E-state index contributed by atoms with van der Waals surface area (Å²) in [6, 6.07) is 11.4. The Morgan fingerprint density at radius 1 is 1.17 bits per heavy atom. The molecule has 0 saturated heterocycles. The molecule has 1 heterocycles. The minimum Gasteiger partial charge on any atom is -0.486 e. The summed E-state index contributed by atoms with van der Waals surface area (Å²) in [6.07, 6.45) is 0. The minimum atomic E-state index is -0.157. The van der Waals surface area contributed by atoms with Crippen LogP contribution in [0, 0.1) is 6.92 Å². The summed E-state index contributed by atoms with van der Waals surface area (Å²) >= 11 is 3.42. The Balaban J connectivity index is 1.65. The van der Waals surface area contributed by atoms with Gasteiger partial charge in [-0.15, -0.1) is 0 Å². The first-order valence-electron chi connectivity index (χ1n) is 7.70. The summed E-state index contributed by atoms with van der Waals surface area (Å²) in [4.78, 5) is 14.0. The fourth-order valence-corrected chi connectivity index (χ4v) is 2.99. The number of halogens is 1. The van der Waals surface area contributed by atoms with Crippen LogP contribution in [0.2, 0.25) is 0 Å². The SMILES string of the molecule is Cc1cc(Br)ccc1NC(=O)N(C)Cc1ccc2c(c1)OCCO2. The van der Waals surface area contributed by atoms with Crippen molar-refractivity contribution in [3.8, 4) is 11.5 Å². The van der Waals surface area contributed by atoms with Crippen LogP contribution in [0.25, 0.3) is 0 Å². The number of aryl methyl sites for hydroxylation is 1. The second kappa shape index (κ2) is 7.13. The molecule has 0 radical (unpaired) electrons. The number of urea groups is 1. The van der Waals surface area contributed by atoms with Gasteiger partial charge in [0.25, 0.3) is 0 Å². The number of fused-ring (bicyclic) bond motifs is 1. The molecule has 1 aliphatic heterocycles. The van der Waals surface area contributed by atoms with Crippen LogP contribution in [-0.2, 0) is 6.54 Å². The molecule has 0 aliphatic carbocycles. The molecule has 2 aromatic carbocycles. The number of rotatable bonds is 3. The van der Waals surface area contributed by atoms with E-state index in [2.05, 4.69) is 21.2 Å². The zero-order chi connectivity index (χ0) is 17.1. The largest absolute Gasteiger partial charge is 0.486 e. The van der Waals surface area contributed by atoms with E-state index >= 15 is 0 Å². The Morgan fingerprint density at radius 2 is 1.92 bits per heavy atom. The van der Waals surface area contributed by atoms with E-state index in [0.717, 1.165) is 32.8 Å². The van der Waals surface area contributed by atoms with Crippen molar-refractivity contribution in [3.63, 3.8) is 0 Å².